The Morgan fingerprint density at radius 2 is 2.18 bits per heavy atom. The van der Waals surface area contributed by atoms with E-state index in [0.717, 1.165) is 11.3 Å². The molecule has 0 aliphatic heterocycles. The summed E-state index contributed by atoms with van der Waals surface area (Å²) >= 11 is 0.871. The number of aromatic nitrogens is 1. The lowest BCUT2D eigenvalue weighted by Gasteiger charge is -2.26. The van der Waals surface area contributed by atoms with Crippen LogP contribution in [0.4, 0.5) is 13.2 Å². The molecule has 9 heteroatoms. The summed E-state index contributed by atoms with van der Waals surface area (Å²) in [4.78, 5) is 15.6. The van der Waals surface area contributed by atoms with Gasteiger partial charge in [-0.25, -0.2) is 4.98 Å². The Balaban J connectivity index is 2.93. The number of hydrogen-bond donors (Lipinski definition) is 2. The van der Waals surface area contributed by atoms with E-state index >= 15 is 0 Å². The molecule has 1 aromatic rings. The first kappa shape index (κ1) is 18.4. The summed E-state index contributed by atoms with van der Waals surface area (Å²) in [6, 6.07) is -1.34. The third-order valence-corrected chi connectivity index (χ3v) is 3.60. The first-order valence-electron chi connectivity index (χ1n) is 6.62. The number of rotatable bonds is 7. The zero-order chi connectivity index (χ0) is 16.8. The van der Waals surface area contributed by atoms with Crippen molar-refractivity contribution < 1.29 is 18.0 Å². The van der Waals surface area contributed by atoms with Crippen LogP contribution in [-0.2, 0) is 4.79 Å². The summed E-state index contributed by atoms with van der Waals surface area (Å²) in [6.07, 6.45) is -3.06. The van der Waals surface area contributed by atoms with E-state index in [4.69, 9.17) is 5.26 Å². The Hall–Kier alpha value is -1.66. The average molecular weight is 334 g/mol. The number of carbonyl (C=O) groups is 1. The van der Waals surface area contributed by atoms with E-state index in [0.29, 0.717) is 0 Å². The number of alkyl halides is 3. The number of carbonyl (C=O) groups excluding carboxylic acids is 1. The van der Waals surface area contributed by atoms with E-state index in [9.17, 15) is 18.0 Å². The van der Waals surface area contributed by atoms with Gasteiger partial charge in [0.25, 0.3) is 0 Å². The molecule has 0 unspecified atom stereocenters. The zero-order valence-electron chi connectivity index (χ0n) is 12.1. The van der Waals surface area contributed by atoms with Crippen molar-refractivity contribution in [2.45, 2.75) is 38.5 Å². The van der Waals surface area contributed by atoms with Gasteiger partial charge < -0.3 is 5.32 Å². The minimum atomic E-state index is -4.57. The normalized spacial score (nSPS) is 14.4. The first-order valence-corrected chi connectivity index (χ1v) is 7.50. The number of nitrogens with one attached hydrogen (secondary N) is 2. The van der Waals surface area contributed by atoms with E-state index in [1.165, 1.54) is 11.6 Å². The quantitative estimate of drug-likeness (QED) is 0.751. The van der Waals surface area contributed by atoms with E-state index in [-0.39, 0.29) is 23.9 Å². The molecule has 0 aliphatic rings. The van der Waals surface area contributed by atoms with Crippen LogP contribution in [0.25, 0.3) is 0 Å². The van der Waals surface area contributed by atoms with Gasteiger partial charge in [-0.2, -0.15) is 18.4 Å². The zero-order valence-corrected chi connectivity index (χ0v) is 13.0. The van der Waals surface area contributed by atoms with Gasteiger partial charge in [0, 0.05) is 11.6 Å². The van der Waals surface area contributed by atoms with E-state index in [2.05, 4.69) is 15.6 Å². The maximum absolute atomic E-state index is 13.2. The molecule has 2 atom stereocenters. The van der Waals surface area contributed by atoms with Crippen molar-refractivity contribution in [3.8, 4) is 6.07 Å². The van der Waals surface area contributed by atoms with E-state index in [1.54, 1.807) is 19.9 Å². The van der Waals surface area contributed by atoms with E-state index < -0.39 is 24.2 Å². The van der Waals surface area contributed by atoms with Crippen LogP contribution >= 0.6 is 11.3 Å². The second kappa shape index (κ2) is 8.10. The second-order valence-electron chi connectivity index (χ2n) is 5.07. The third kappa shape index (κ3) is 5.61. The van der Waals surface area contributed by atoms with E-state index in [1.807, 2.05) is 0 Å². The molecule has 0 radical (unpaired) electrons. The summed E-state index contributed by atoms with van der Waals surface area (Å²) in [6.45, 7) is 3.36. The fourth-order valence-electron chi connectivity index (χ4n) is 1.86. The maximum Gasteiger partial charge on any atom is 0.410 e. The molecular weight excluding hydrogens is 317 g/mol. The minimum absolute atomic E-state index is 0.00974. The molecule has 1 aromatic heterocycles. The first-order chi connectivity index (χ1) is 10.3. The van der Waals surface area contributed by atoms with Crippen molar-refractivity contribution in [2.24, 2.45) is 5.92 Å². The maximum atomic E-state index is 13.2. The molecule has 0 bridgehead atoms. The number of hydrogen-bond acceptors (Lipinski definition) is 5. The highest BCUT2D eigenvalue weighted by atomic mass is 32.1. The summed E-state index contributed by atoms with van der Waals surface area (Å²) in [5.74, 6) is -0.614. The summed E-state index contributed by atoms with van der Waals surface area (Å²) in [7, 11) is 0. The second-order valence-corrected chi connectivity index (χ2v) is 6.00. The Kier molecular flexibility index (Phi) is 6.77. The Bertz CT molecular complexity index is 510. The smallest absolute Gasteiger partial charge is 0.342 e. The van der Waals surface area contributed by atoms with Crippen LogP contribution in [0.5, 0.6) is 0 Å². The molecular formula is C13H17F3N4OS. The number of nitrogens with zero attached hydrogens (tertiary/aromatic N) is 2. The molecule has 0 spiro atoms. The van der Waals surface area contributed by atoms with Crippen LogP contribution in [0.1, 0.15) is 31.3 Å². The van der Waals surface area contributed by atoms with Gasteiger partial charge in [0.2, 0.25) is 5.91 Å². The fraction of sp³-hybridized carbons (Fsp3) is 0.615. The van der Waals surface area contributed by atoms with Crippen molar-refractivity contribution in [1.82, 2.24) is 15.6 Å². The van der Waals surface area contributed by atoms with Crippen LogP contribution in [0.3, 0.4) is 0 Å². The molecule has 1 amide bonds. The van der Waals surface area contributed by atoms with Gasteiger partial charge in [-0.3, -0.25) is 10.1 Å². The van der Waals surface area contributed by atoms with Crippen LogP contribution < -0.4 is 10.6 Å². The van der Waals surface area contributed by atoms with Crippen molar-refractivity contribution in [3.05, 3.63) is 16.6 Å². The predicted octanol–water partition coefficient (Wildman–Crippen LogP) is 2.39. The highest BCUT2D eigenvalue weighted by Gasteiger charge is 2.44. The van der Waals surface area contributed by atoms with Crippen LogP contribution in [0.15, 0.2) is 11.6 Å². The molecule has 1 heterocycles. The van der Waals surface area contributed by atoms with Crippen molar-refractivity contribution in [3.63, 3.8) is 0 Å². The Labute approximate surface area is 130 Å². The third-order valence-electron chi connectivity index (χ3n) is 2.76. The summed E-state index contributed by atoms with van der Waals surface area (Å²) in [5.41, 5.74) is 0. The molecule has 0 aromatic carbocycles. The average Bonchev–Trinajstić information content (AvgIpc) is 2.92. The number of nitriles is 1. The monoisotopic (exact) mass is 334 g/mol. The molecule has 122 valence electrons. The minimum Gasteiger partial charge on any atom is -0.342 e. The van der Waals surface area contributed by atoms with Crippen LogP contribution in [0, 0.1) is 17.2 Å². The van der Waals surface area contributed by atoms with Gasteiger partial charge >= 0.3 is 6.18 Å². The molecule has 5 nitrogen and oxygen atoms in total. The van der Waals surface area contributed by atoms with Crippen molar-refractivity contribution >= 4 is 17.2 Å². The lowest BCUT2D eigenvalue weighted by atomic mass is 10.0. The molecule has 0 aliphatic carbocycles. The Morgan fingerprint density at radius 1 is 1.50 bits per heavy atom. The molecule has 1 rings (SSSR count). The lowest BCUT2D eigenvalue weighted by molar-refractivity contribution is -0.161. The summed E-state index contributed by atoms with van der Waals surface area (Å²) < 4.78 is 39.6. The van der Waals surface area contributed by atoms with Gasteiger partial charge in [0.1, 0.15) is 11.6 Å². The van der Waals surface area contributed by atoms with Crippen molar-refractivity contribution in [2.75, 3.05) is 6.54 Å². The highest BCUT2D eigenvalue weighted by molar-refractivity contribution is 7.09. The molecule has 22 heavy (non-hydrogen) atoms. The predicted molar refractivity (Wildman–Crippen MR) is 75.9 cm³/mol. The van der Waals surface area contributed by atoms with Crippen molar-refractivity contribution in [1.29, 1.82) is 5.26 Å². The van der Waals surface area contributed by atoms with Gasteiger partial charge in [-0.05, 0) is 12.3 Å². The van der Waals surface area contributed by atoms with Gasteiger partial charge in [-0.15, -0.1) is 11.3 Å². The summed E-state index contributed by atoms with van der Waals surface area (Å²) in [5, 5.41) is 14.4. The Morgan fingerprint density at radius 3 is 2.64 bits per heavy atom. The molecule has 2 N–H and O–H groups in total. The standard InChI is InChI=1S/C13H17F3N4OS/c1-8(2)7-9(11(21)18-4-3-17)20-10(13(14,15)16)12-19-5-6-22-12/h5-6,8-10,20H,4,7H2,1-2H3,(H,18,21)/t9-,10-/m0/s1. The van der Waals surface area contributed by atoms with Gasteiger partial charge in [0.15, 0.2) is 6.04 Å². The topological polar surface area (TPSA) is 77.8 Å². The van der Waals surface area contributed by atoms with Gasteiger partial charge in [0.05, 0.1) is 12.1 Å². The fourth-order valence-corrected chi connectivity index (χ4v) is 2.58. The highest BCUT2D eigenvalue weighted by Crippen LogP contribution is 2.34. The molecule has 0 fully saturated rings. The SMILES string of the molecule is CC(C)C[C@H](N[C@@H](c1nccs1)C(F)(F)F)C(=O)NCC#N. The number of amides is 1. The molecule has 0 saturated carbocycles. The molecule has 0 saturated heterocycles. The van der Waals surface area contributed by atoms with Crippen LogP contribution in [-0.4, -0.2) is 29.7 Å². The van der Waals surface area contributed by atoms with Gasteiger partial charge in [-0.1, -0.05) is 13.8 Å². The largest absolute Gasteiger partial charge is 0.410 e. The number of halogens is 3. The lowest BCUT2D eigenvalue weighted by Crippen LogP contribution is -2.49. The van der Waals surface area contributed by atoms with Crippen LogP contribution in [0.2, 0.25) is 0 Å². The number of thiazole rings is 1.